The van der Waals surface area contributed by atoms with Gasteiger partial charge in [-0.1, -0.05) is 48.5 Å². The van der Waals surface area contributed by atoms with E-state index in [1.807, 2.05) is 43.3 Å². The molecular weight excluding hydrogens is 390 g/mol. The lowest BCUT2D eigenvalue weighted by molar-refractivity contribution is -0.118. The van der Waals surface area contributed by atoms with Crippen molar-refractivity contribution in [1.29, 1.82) is 0 Å². The molecule has 0 aliphatic carbocycles. The highest BCUT2D eigenvalue weighted by Crippen LogP contribution is 2.18. The molecule has 31 heavy (non-hydrogen) atoms. The van der Waals surface area contributed by atoms with Crippen LogP contribution in [-0.2, 0) is 11.3 Å². The normalized spacial score (nSPS) is 14.3. The molecule has 2 aromatic carbocycles. The van der Waals surface area contributed by atoms with Gasteiger partial charge in [0.1, 0.15) is 23.7 Å². The van der Waals surface area contributed by atoms with Gasteiger partial charge in [0.25, 0.3) is 5.91 Å². The molecule has 7 nitrogen and oxygen atoms in total. The summed E-state index contributed by atoms with van der Waals surface area (Å²) in [7, 11) is 0. The highest BCUT2D eigenvalue weighted by Gasteiger charge is 2.19. The minimum atomic E-state index is -0.249. The summed E-state index contributed by atoms with van der Waals surface area (Å²) in [5.41, 5.74) is 2.32. The molecule has 0 radical (unpaired) electrons. The van der Waals surface area contributed by atoms with Gasteiger partial charge in [-0.05, 0) is 24.1 Å². The average Bonchev–Trinajstić information content (AvgIpc) is 2.80. The summed E-state index contributed by atoms with van der Waals surface area (Å²) < 4.78 is 5.61. The van der Waals surface area contributed by atoms with Crippen LogP contribution in [0.2, 0.25) is 0 Å². The van der Waals surface area contributed by atoms with Crippen molar-refractivity contribution in [3.63, 3.8) is 0 Å². The largest absolute Gasteiger partial charge is 0.483 e. The van der Waals surface area contributed by atoms with Crippen LogP contribution in [-0.4, -0.2) is 53.6 Å². The average molecular weight is 418 g/mol. The van der Waals surface area contributed by atoms with Crippen LogP contribution >= 0.6 is 0 Å². The van der Waals surface area contributed by atoms with E-state index in [-0.39, 0.29) is 12.5 Å². The topological polar surface area (TPSA) is 70.6 Å². The van der Waals surface area contributed by atoms with Crippen molar-refractivity contribution >= 4 is 17.5 Å². The van der Waals surface area contributed by atoms with Crippen LogP contribution < -0.4 is 15.0 Å². The second-order valence-electron chi connectivity index (χ2n) is 7.61. The Morgan fingerprint density at radius 1 is 1.00 bits per heavy atom. The van der Waals surface area contributed by atoms with E-state index in [9.17, 15) is 4.79 Å². The van der Waals surface area contributed by atoms with E-state index in [1.54, 1.807) is 0 Å². The molecule has 3 aromatic rings. The number of aromatic nitrogens is 2. The highest BCUT2D eigenvalue weighted by atomic mass is 16.5. The van der Waals surface area contributed by atoms with E-state index < -0.39 is 0 Å². The van der Waals surface area contributed by atoms with Crippen LogP contribution in [0.1, 0.15) is 11.1 Å². The van der Waals surface area contributed by atoms with Crippen molar-refractivity contribution in [2.75, 3.05) is 43.0 Å². The SMILES string of the molecule is Cc1ccccc1OCC(=O)Nc1cc(N2CCN(Cc3ccccc3)CC2)ncn1. The fraction of sp³-hybridized carbons (Fsp3) is 0.292. The molecule has 0 atom stereocenters. The smallest absolute Gasteiger partial charge is 0.263 e. The molecular formula is C24H27N5O2. The number of hydrogen-bond donors (Lipinski definition) is 1. The summed E-state index contributed by atoms with van der Waals surface area (Å²) >= 11 is 0. The lowest BCUT2D eigenvalue weighted by atomic mass is 10.2. The number of amides is 1. The van der Waals surface area contributed by atoms with Crippen LogP contribution in [0.3, 0.4) is 0 Å². The first-order valence-corrected chi connectivity index (χ1v) is 10.5. The predicted octanol–water partition coefficient (Wildman–Crippen LogP) is 3.12. The second kappa shape index (κ2) is 10.0. The van der Waals surface area contributed by atoms with E-state index in [4.69, 9.17) is 4.74 Å². The molecule has 4 rings (SSSR count). The molecule has 1 saturated heterocycles. The first-order chi connectivity index (χ1) is 15.2. The number of carbonyl (C=O) groups excluding carboxylic acids is 1. The molecule has 0 saturated carbocycles. The van der Waals surface area contributed by atoms with Crippen LogP contribution in [0.25, 0.3) is 0 Å². The van der Waals surface area contributed by atoms with Gasteiger partial charge in [-0.25, -0.2) is 9.97 Å². The molecule has 1 amide bonds. The third-order valence-corrected chi connectivity index (χ3v) is 5.32. The molecule has 2 heterocycles. The number of nitrogens with zero attached hydrogens (tertiary/aromatic N) is 4. The Bertz CT molecular complexity index is 1000. The van der Waals surface area contributed by atoms with Crippen molar-refractivity contribution in [1.82, 2.24) is 14.9 Å². The molecule has 1 N–H and O–H groups in total. The van der Waals surface area contributed by atoms with Gasteiger partial charge in [0.05, 0.1) is 0 Å². The summed E-state index contributed by atoms with van der Waals surface area (Å²) in [6.07, 6.45) is 1.49. The highest BCUT2D eigenvalue weighted by molar-refractivity contribution is 5.91. The Hall–Kier alpha value is -3.45. The maximum absolute atomic E-state index is 12.3. The fourth-order valence-electron chi connectivity index (χ4n) is 3.61. The van der Waals surface area contributed by atoms with Crippen molar-refractivity contribution in [2.24, 2.45) is 0 Å². The van der Waals surface area contributed by atoms with E-state index in [0.29, 0.717) is 11.6 Å². The number of hydrogen-bond acceptors (Lipinski definition) is 6. The zero-order chi connectivity index (χ0) is 21.5. The summed E-state index contributed by atoms with van der Waals surface area (Å²) in [5.74, 6) is 1.76. The van der Waals surface area contributed by atoms with E-state index in [2.05, 4.69) is 49.4 Å². The number of carbonyl (C=O) groups is 1. The molecule has 1 aliphatic rings. The van der Waals surface area contributed by atoms with Crippen LogP contribution in [0, 0.1) is 6.92 Å². The number of aryl methyl sites for hydroxylation is 1. The van der Waals surface area contributed by atoms with E-state index in [1.165, 1.54) is 11.9 Å². The molecule has 1 fully saturated rings. The number of ether oxygens (including phenoxy) is 1. The van der Waals surface area contributed by atoms with Gasteiger partial charge in [-0.2, -0.15) is 0 Å². The molecule has 1 aliphatic heterocycles. The summed E-state index contributed by atoms with van der Waals surface area (Å²) in [6.45, 7) is 6.53. The van der Waals surface area contributed by atoms with Gasteiger partial charge >= 0.3 is 0 Å². The zero-order valence-electron chi connectivity index (χ0n) is 17.7. The third kappa shape index (κ3) is 5.79. The van der Waals surface area contributed by atoms with Crippen molar-refractivity contribution in [3.05, 3.63) is 78.1 Å². The van der Waals surface area contributed by atoms with Crippen LogP contribution in [0.15, 0.2) is 67.0 Å². The van der Waals surface area contributed by atoms with Crippen LogP contribution in [0.4, 0.5) is 11.6 Å². The van der Waals surface area contributed by atoms with Gasteiger partial charge < -0.3 is 15.0 Å². The van der Waals surface area contributed by atoms with Gasteiger partial charge in [-0.3, -0.25) is 9.69 Å². The zero-order valence-corrected chi connectivity index (χ0v) is 17.7. The molecule has 160 valence electrons. The molecule has 0 spiro atoms. The Kier molecular flexibility index (Phi) is 6.74. The molecule has 1 aromatic heterocycles. The maximum atomic E-state index is 12.3. The van der Waals surface area contributed by atoms with Gasteiger partial charge in [-0.15, -0.1) is 0 Å². The quantitative estimate of drug-likeness (QED) is 0.637. The van der Waals surface area contributed by atoms with Crippen molar-refractivity contribution < 1.29 is 9.53 Å². The number of rotatable bonds is 7. The summed E-state index contributed by atoms with van der Waals surface area (Å²) in [6, 6.07) is 20.0. The number of piperazine rings is 1. The molecule has 0 unspecified atom stereocenters. The Balaban J connectivity index is 1.28. The second-order valence-corrected chi connectivity index (χ2v) is 7.61. The lowest BCUT2D eigenvalue weighted by Crippen LogP contribution is -2.46. The summed E-state index contributed by atoms with van der Waals surface area (Å²) in [5, 5.41) is 2.80. The van der Waals surface area contributed by atoms with Crippen molar-refractivity contribution in [3.8, 4) is 5.75 Å². The molecule has 0 bridgehead atoms. The van der Waals surface area contributed by atoms with E-state index >= 15 is 0 Å². The Morgan fingerprint density at radius 3 is 2.52 bits per heavy atom. The number of anilines is 2. The summed E-state index contributed by atoms with van der Waals surface area (Å²) in [4.78, 5) is 25.5. The fourth-order valence-corrected chi connectivity index (χ4v) is 3.61. The van der Waals surface area contributed by atoms with E-state index in [0.717, 1.165) is 44.1 Å². The first-order valence-electron chi connectivity index (χ1n) is 10.5. The number of nitrogens with one attached hydrogen (secondary N) is 1. The minimum absolute atomic E-state index is 0.0671. The third-order valence-electron chi connectivity index (χ3n) is 5.32. The standard InChI is InChI=1S/C24H27N5O2/c1-19-7-5-6-10-21(19)31-17-24(30)27-22-15-23(26-18-25-22)29-13-11-28(12-14-29)16-20-8-3-2-4-9-20/h2-10,15,18H,11-14,16-17H2,1H3,(H,25,26,27,30). The van der Waals surface area contributed by atoms with Gasteiger partial charge in [0, 0.05) is 38.8 Å². The maximum Gasteiger partial charge on any atom is 0.263 e. The Labute approximate surface area is 182 Å². The number of benzene rings is 2. The molecule has 7 heteroatoms. The first kappa shape index (κ1) is 20.8. The van der Waals surface area contributed by atoms with Gasteiger partial charge in [0.15, 0.2) is 6.61 Å². The van der Waals surface area contributed by atoms with Gasteiger partial charge in [0.2, 0.25) is 0 Å². The predicted molar refractivity (Wildman–Crippen MR) is 121 cm³/mol. The Morgan fingerprint density at radius 2 is 1.74 bits per heavy atom. The number of para-hydroxylation sites is 1. The van der Waals surface area contributed by atoms with Crippen LogP contribution in [0.5, 0.6) is 5.75 Å². The van der Waals surface area contributed by atoms with Crippen molar-refractivity contribution in [2.45, 2.75) is 13.5 Å². The lowest BCUT2D eigenvalue weighted by Gasteiger charge is -2.35. The monoisotopic (exact) mass is 417 g/mol. The minimum Gasteiger partial charge on any atom is -0.483 e.